The number of esters is 1. The Bertz CT molecular complexity index is 657. The second kappa shape index (κ2) is 6.98. The summed E-state index contributed by atoms with van der Waals surface area (Å²) < 4.78 is 51.2. The molecule has 6 nitrogen and oxygen atoms in total. The number of ether oxygens (including phenoxy) is 3. The molecule has 1 heterocycles. The van der Waals surface area contributed by atoms with E-state index in [2.05, 4.69) is 14.5 Å². The van der Waals surface area contributed by atoms with Crippen molar-refractivity contribution in [1.82, 2.24) is 0 Å². The van der Waals surface area contributed by atoms with Gasteiger partial charge in [0.2, 0.25) is 5.90 Å². The summed E-state index contributed by atoms with van der Waals surface area (Å²) in [6.07, 6.45) is -4.02. The van der Waals surface area contributed by atoms with Crippen LogP contribution in [-0.2, 0) is 20.7 Å². The topological polar surface area (TPSA) is 77.4 Å². The fourth-order valence-corrected chi connectivity index (χ4v) is 2.24. The number of phenols is 1. The standard InChI is InChI=1S/C15H16F3NO5/c1-3-4-8-5-9(6-11(12(8)20)24-15(16,17)18)13-19-10(7-23-13)14(21)22-2/h5-6,10,20H,3-4,7H2,1-2H3/t10-/m1/s1. The number of carbonyl (C=O) groups excluding carboxylic acids is 1. The van der Waals surface area contributed by atoms with Gasteiger partial charge in [0.15, 0.2) is 17.5 Å². The second-order valence-corrected chi connectivity index (χ2v) is 5.06. The third-order valence-corrected chi connectivity index (χ3v) is 3.27. The molecule has 132 valence electrons. The molecule has 0 bridgehead atoms. The van der Waals surface area contributed by atoms with Crippen LogP contribution in [-0.4, -0.2) is 43.1 Å². The Balaban J connectivity index is 2.41. The lowest BCUT2D eigenvalue weighted by atomic mass is 10.0. The molecule has 0 saturated heterocycles. The minimum atomic E-state index is -4.95. The van der Waals surface area contributed by atoms with Crippen molar-refractivity contribution in [2.75, 3.05) is 13.7 Å². The minimum Gasteiger partial charge on any atom is -0.504 e. The van der Waals surface area contributed by atoms with Crippen LogP contribution in [0.3, 0.4) is 0 Å². The molecule has 1 aliphatic heterocycles. The zero-order valence-corrected chi connectivity index (χ0v) is 13.0. The maximum absolute atomic E-state index is 12.5. The largest absolute Gasteiger partial charge is 0.573 e. The highest BCUT2D eigenvalue weighted by Gasteiger charge is 2.34. The van der Waals surface area contributed by atoms with Crippen molar-refractivity contribution >= 4 is 11.9 Å². The summed E-state index contributed by atoms with van der Waals surface area (Å²) in [5.74, 6) is -1.93. The Morgan fingerprint density at radius 1 is 1.46 bits per heavy atom. The van der Waals surface area contributed by atoms with E-state index in [4.69, 9.17) is 4.74 Å². The van der Waals surface area contributed by atoms with Crippen molar-refractivity contribution in [2.45, 2.75) is 32.2 Å². The van der Waals surface area contributed by atoms with Gasteiger partial charge in [-0.15, -0.1) is 13.2 Å². The fourth-order valence-electron chi connectivity index (χ4n) is 2.24. The van der Waals surface area contributed by atoms with Gasteiger partial charge in [-0.05, 0) is 24.1 Å². The first-order valence-corrected chi connectivity index (χ1v) is 7.15. The summed E-state index contributed by atoms with van der Waals surface area (Å²) in [7, 11) is 1.20. The number of carbonyl (C=O) groups is 1. The molecule has 9 heteroatoms. The number of aromatic hydroxyl groups is 1. The predicted octanol–water partition coefficient (Wildman–Crippen LogP) is 2.56. The highest BCUT2D eigenvalue weighted by Crippen LogP contribution is 2.36. The van der Waals surface area contributed by atoms with Crippen LogP contribution < -0.4 is 4.74 Å². The van der Waals surface area contributed by atoms with Gasteiger partial charge in [-0.3, -0.25) is 0 Å². The van der Waals surface area contributed by atoms with E-state index in [0.29, 0.717) is 12.8 Å². The van der Waals surface area contributed by atoms with Gasteiger partial charge < -0.3 is 19.3 Å². The maximum Gasteiger partial charge on any atom is 0.573 e. The fraction of sp³-hybridized carbons (Fsp3) is 0.467. The number of hydrogen-bond donors (Lipinski definition) is 1. The van der Waals surface area contributed by atoms with E-state index in [0.717, 1.165) is 6.07 Å². The normalized spacial score (nSPS) is 17.2. The zero-order valence-electron chi connectivity index (χ0n) is 13.0. The Hall–Kier alpha value is -2.45. The molecular weight excluding hydrogens is 331 g/mol. The molecule has 0 amide bonds. The van der Waals surface area contributed by atoms with Gasteiger partial charge in [-0.25, -0.2) is 9.79 Å². The predicted molar refractivity (Wildman–Crippen MR) is 77.1 cm³/mol. The van der Waals surface area contributed by atoms with Crippen LogP contribution in [0.25, 0.3) is 0 Å². The van der Waals surface area contributed by atoms with Crippen LogP contribution >= 0.6 is 0 Å². The van der Waals surface area contributed by atoms with Gasteiger partial charge in [0, 0.05) is 5.56 Å². The first kappa shape index (κ1) is 17.9. The molecule has 0 radical (unpaired) electrons. The number of aliphatic imine (C=N–C) groups is 1. The number of hydrogen-bond acceptors (Lipinski definition) is 6. The summed E-state index contributed by atoms with van der Waals surface area (Å²) >= 11 is 0. The van der Waals surface area contributed by atoms with Gasteiger partial charge >= 0.3 is 12.3 Å². The van der Waals surface area contributed by atoms with Gasteiger partial charge in [0.05, 0.1) is 7.11 Å². The Morgan fingerprint density at radius 3 is 2.75 bits per heavy atom. The Labute approximate surface area is 135 Å². The van der Waals surface area contributed by atoms with E-state index in [9.17, 15) is 23.1 Å². The van der Waals surface area contributed by atoms with E-state index in [1.54, 1.807) is 0 Å². The molecule has 1 aromatic carbocycles. The first-order chi connectivity index (χ1) is 11.2. The lowest BCUT2D eigenvalue weighted by molar-refractivity contribution is -0.275. The van der Waals surface area contributed by atoms with Crippen molar-refractivity contribution in [1.29, 1.82) is 0 Å². The number of phenolic OH excluding ortho intramolecular Hbond substituents is 1. The summed E-state index contributed by atoms with van der Waals surface area (Å²) in [5.41, 5.74) is 0.448. The van der Waals surface area contributed by atoms with Crippen LogP contribution in [0.2, 0.25) is 0 Å². The van der Waals surface area contributed by atoms with Gasteiger partial charge in [0.25, 0.3) is 0 Å². The Morgan fingerprint density at radius 2 is 2.17 bits per heavy atom. The van der Waals surface area contributed by atoms with E-state index in [1.807, 2.05) is 6.92 Å². The molecule has 0 unspecified atom stereocenters. The van der Waals surface area contributed by atoms with Gasteiger partial charge in [-0.2, -0.15) is 0 Å². The third kappa shape index (κ3) is 4.09. The van der Waals surface area contributed by atoms with E-state index < -0.39 is 29.9 Å². The highest BCUT2D eigenvalue weighted by molar-refractivity contribution is 5.98. The molecule has 24 heavy (non-hydrogen) atoms. The van der Waals surface area contributed by atoms with Gasteiger partial charge in [0.1, 0.15) is 6.61 Å². The zero-order chi connectivity index (χ0) is 17.9. The average molecular weight is 347 g/mol. The molecule has 1 aromatic rings. The SMILES string of the molecule is CCCc1cc(C2=N[C@@H](C(=O)OC)CO2)cc(OC(F)(F)F)c1O. The molecule has 0 saturated carbocycles. The number of halogens is 3. The summed E-state index contributed by atoms with van der Waals surface area (Å²) in [6, 6.07) is 1.56. The number of methoxy groups -OCH3 is 1. The average Bonchev–Trinajstić information content (AvgIpc) is 2.99. The van der Waals surface area contributed by atoms with Crippen molar-refractivity contribution in [3.05, 3.63) is 23.3 Å². The highest BCUT2D eigenvalue weighted by atomic mass is 19.4. The van der Waals surface area contributed by atoms with Crippen LogP contribution in [0, 0.1) is 0 Å². The van der Waals surface area contributed by atoms with Gasteiger partial charge in [-0.1, -0.05) is 13.3 Å². The van der Waals surface area contributed by atoms with Crippen LogP contribution in [0.4, 0.5) is 13.2 Å². The van der Waals surface area contributed by atoms with Crippen molar-refractivity contribution in [2.24, 2.45) is 4.99 Å². The van der Waals surface area contributed by atoms with E-state index in [1.165, 1.54) is 13.2 Å². The molecular formula is C15H16F3NO5. The van der Waals surface area contributed by atoms with E-state index >= 15 is 0 Å². The van der Waals surface area contributed by atoms with Crippen LogP contribution in [0.15, 0.2) is 17.1 Å². The molecule has 0 fully saturated rings. The van der Waals surface area contributed by atoms with Crippen LogP contribution in [0.5, 0.6) is 11.5 Å². The molecule has 1 atom stereocenters. The lowest BCUT2D eigenvalue weighted by Crippen LogP contribution is -2.21. The number of nitrogens with zero attached hydrogens (tertiary/aromatic N) is 1. The molecule has 0 aliphatic carbocycles. The smallest absolute Gasteiger partial charge is 0.504 e. The molecule has 2 rings (SSSR count). The maximum atomic E-state index is 12.5. The van der Waals surface area contributed by atoms with Crippen LogP contribution in [0.1, 0.15) is 24.5 Å². The first-order valence-electron chi connectivity index (χ1n) is 7.15. The summed E-state index contributed by atoms with van der Waals surface area (Å²) in [6.45, 7) is 1.74. The number of benzene rings is 1. The van der Waals surface area contributed by atoms with E-state index in [-0.39, 0.29) is 23.6 Å². The third-order valence-electron chi connectivity index (χ3n) is 3.27. The molecule has 1 N–H and O–H groups in total. The van der Waals surface area contributed by atoms with Crippen molar-refractivity contribution in [3.8, 4) is 11.5 Å². The van der Waals surface area contributed by atoms with Crippen molar-refractivity contribution in [3.63, 3.8) is 0 Å². The Kier molecular flexibility index (Phi) is 5.20. The summed E-state index contributed by atoms with van der Waals surface area (Å²) in [5, 5.41) is 9.95. The minimum absolute atomic E-state index is 0.00484. The number of aryl methyl sites for hydroxylation is 1. The summed E-state index contributed by atoms with van der Waals surface area (Å²) in [4.78, 5) is 15.4. The molecule has 0 aromatic heterocycles. The monoisotopic (exact) mass is 347 g/mol. The molecule has 1 aliphatic rings. The molecule has 0 spiro atoms. The lowest BCUT2D eigenvalue weighted by Gasteiger charge is -2.15. The quantitative estimate of drug-likeness (QED) is 0.829. The second-order valence-electron chi connectivity index (χ2n) is 5.06. The van der Waals surface area contributed by atoms with Crippen molar-refractivity contribution < 1.29 is 37.3 Å². The number of alkyl halides is 3. The number of rotatable bonds is 5.